The van der Waals surface area contributed by atoms with Crippen LogP contribution in [-0.2, 0) is 101 Å². The highest BCUT2D eigenvalue weighted by Crippen LogP contribution is 2.33. The van der Waals surface area contributed by atoms with Crippen molar-refractivity contribution < 1.29 is 102 Å². The molecular formula is C89H131N17O21. The number of primary amides is 2. The van der Waals surface area contributed by atoms with Crippen molar-refractivity contribution >= 4 is 111 Å². The van der Waals surface area contributed by atoms with E-state index in [-0.39, 0.29) is 81.9 Å². The summed E-state index contributed by atoms with van der Waals surface area (Å²) in [6.07, 6.45) is 5.48. The molecule has 6 rings (SSSR count). The van der Waals surface area contributed by atoms with Gasteiger partial charge in [-0.05, 0) is 160 Å². The molecule has 127 heavy (non-hydrogen) atoms. The number of nitrogens with one attached hydrogen (secondary N) is 14. The van der Waals surface area contributed by atoms with E-state index in [0.717, 1.165) is 6.42 Å². The lowest BCUT2D eigenvalue weighted by Crippen LogP contribution is -2.65. The third-order valence-electron chi connectivity index (χ3n) is 22.4. The molecule has 38 heteroatoms. The largest absolute Gasteiger partial charge is 0.508 e. The molecule has 24 N–H and O–H groups in total. The van der Waals surface area contributed by atoms with Crippen LogP contribution in [0.3, 0.4) is 0 Å². The number of carbonyl (C=O) groups excluding carboxylic acids is 16. The zero-order valence-corrected chi connectivity index (χ0v) is 74.1. The van der Waals surface area contributed by atoms with Crippen LogP contribution in [0.25, 0.3) is 10.9 Å². The summed E-state index contributed by atoms with van der Waals surface area (Å²) in [5, 5.41) is 77.0. The van der Waals surface area contributed by atoms with Gasteiger partial charge in [0, 0.05) is 62.7 Å². The quantitative estimate of drug-likeness (QED) is 0.0229. The van der Waals surface area contributed by atoms with E-state index in [0.29, 0.717) is 72.5 Å². The number of aliphatic carboxylic acids is 1. The average molecular weight is 1780 g/mol. The highest BCUT2D eigenvalue weighted by atomic mass is 16.4. The number of aromatic nitrogens is 1. The number of carbonyl (C=O) groups is 17. The molecule has 3 aromatic carbocycles. The average Bonchev–Trinajstić information content (AvgIpc) is 1.72. The number of aromatic hydroxyl groups is 1. The first-order chi connectivity index (χ1) is 60.1. The molecule has 15 atom stereocenters. The number of aliphatic hydroxyl groups is 2. The summed E-state index contributed by atoms with van der Waals surface area (Å²) in [6.45, 7) is 11.3. The Morgan fingerprint density at radius 1 is 0.575 bits per heavy atom. The van der Waals surface area contributed by atoms with Crippen LogP contribution in [0.5, 0.6) is 5.75 Å². The van der Waals surface area contributed by atoms with Gasteiger partial charge in [-0.2, -0.15) is 0 Å². The van der Waals surface area contributed by atoms with E-state index < -0.39 is 222 Å². The van der Waals surface area contributed by atoms with Gasteiger partial charge in [-0.25, -0.2) is 0 Å². The molecule has 2 heterocycles. The maximum Gasteiger partial charge on any atom is 0.303 e. The van der Waals surface area contributed by atoms with Crippen molar-refractivity contribution in [2.75, 3.05) is 20.2 Å². The Balaban J connectivity index is 0.0000142. The molecule has 1 aliphatic carbocycles. The molecule has 0 bridgehead atoms. The van der Waals surface area contributed by atoms with Crippen LogP contribution in [0, 0.1) is 17.8 Å². The number of phenolic OH excluding ortho intramolecular Hbond substituents is 1. The summed E-state index contributed by atoms with van der Waals surface area (Å²) < 4.78 is 0. The summed E-state index contributed by atoms with van der Waals surface area (Å²) in [4.78, 5) is 243. The van der Waals surface area contributed by atoms with E-state index in [1.807, 2.05) is 12.2 Å². The van der Waals surface area contributed by atoms with Gasteiger partial charge in [0.1, 0.15) is 71.2 Å². The molecular weight excluding hydrogens is 1640 g/mol. The van der Waals surface area contributed by atoms with Crippen LogP contribution in [-0.4, -0.2) is 229 Å². The lowest BCUT2D eigenvalue weighted by molar-refractivity contribution is -0.140. The number of phenols is 1. The minimum absolute atomic E-state index is 0.0175. The number of aliphatic hydroxyl groups excluding tert-OH is 2. The van der Waals surface area contributed by atoms with Crippen LogP contribution >= 0.6 is 0 Å². The molecule has 0 spiro atoms. The maximum atomic E-state index is 15.5. The van der Waals surface area contributed by atoms with E-state index in [4.69, 9.17) is 11.5 Å². The highest BCUT2D eigenvalue weighted by molar-refractivity contribution is 6.41. The number of aromatic amines is 1. The topological polar surface area (TPSA) is 621 Å². The smallest absolute Gasteiger partial charge is 0.303 e. The van der Waals surface area contributed by atoms with Crippen molar-refractivity contribution in [3.05, 3.63) is 114 Å². The fourth-order valence-corrected chi connectivity index (χ4v) is 14.6. The van der Waals surface area contributed by atoms with Crippen LogP contribution < -0.4 is 86.3 Å². The highest BCUT2D eigenvalue weighted by Gasteiger charge is 2.44. The third-order valence-corrected chi connectivity index (χ3v) is 22.4. The predicted molar refractivity (Wildman–Crippen MR) is 470 cm³/mol. The Bertz CT molecular complexity index is 4460. The fourth-order valence-electron chi connectivity index (χ4n) is 14.6. The number of carboxylic acid groups (broad SMARTS) is 1. The van der Waals surface area contributed by atoms with Crippen LogP contribution in [0.15, 0.2) is 97.2 Å². The lowest BCUT2D eigenvalue weighted by atomic mass is 9.78. The molecule has 14 amide bonds. The second-order valence-corrected chi connectivity index (χ2v) is 33.6. The van der Waals surface area contributed by atoms with Gasteiger partial charge in [-0.1, -0.05) is 125 Å². The van der Waals surface area contributed by atoms with Gasteiger partial charge >= 0.3 is 5.97 Å². The standard InChI is InChI=1S/C88H126N16O21.CH5N/c1-49(2)41-65(96-54(7)107)81(120)102-72(53(6)106)84(123)99-67(43-56-25-18-17-19-26-56)83(122)104-88(9)40-23-16-14-12-10-11-13-15-22-39-87(8,86(125)101-69(48-105)82(121)95-52(5)76(115)94-51(4)75(90)114)103-77(116)59(42-55-27-24-28-55)47-92-63(35-37-70(89)109)74(113)73(112)50(3)93-79(118)68(45-58-46-91-62-30-21-20-29-61(58)62)98-80(119)66(44-57-31-33-60(108)34-32-57)97-78(117)64(100-85(88)124)36-38-71(110)111;1-2/h11,13,17-21,25-26,29-34,46,49-53,55,59,63-69,72,91-92,105-106,108H,10,12,14-16,22-24,27-28,35-45,47-48H2,1-9H3,(H2,89,109)(H2,90,114)(H,93,118)(H,94,115)(H,95,121)(H,96,107)(H,97,117)(H,98,119)(H,99,123)(H,100,124)(H,101,125)(H,102,120)(H,103,116)(H,104,122)(H,110,111);2H2,1H3/b13-11+;/t50?,51?,52-,53+,59+,63-,64-,65-,66?,67-,68-,69?,72-,87-,88+;/m0./s1. The van der Waals surface area contributed by atoms with Gasteiger partial charge in [0.2, 0.25) is 94.3 Å². The SMILES string of the molecule is CC(=O)N[C@@H](CC(C)C)C(=O)N[C@H](C(=O)N[C@@H](Cc1ccccc1)C(=O)N[C@]1(C)CCCCCC/C=C/CCC[C@@](C)(C(=O)NC(CO)C(=O)N[C@@H](C)C(=O)NC(C)C(N)=O)NC(=O)[C@H](CC2CCC2)CN[C@@H](CCC(N)=O)C(=O)C(=O)C(C)NC(=O)[C@H](Cc2c[nH]c3ccccc23)NC(=O)C(Cc2ccc(O)cc2)NC(=O)[C@H](CCC(=O)O)NC1=O)[C@@H](C)O.CN. The number of hydrogen-bond donors (Lipinski definition) is 21. The minimum atomic E-state index is -2.07. The minimum Gasteiger partial charge on any atom is -0.508 e. The number of para-hydroxylation sites is 1. The molecule has 1 aliphatic heterocycles. The van der Waals surface area contributed by atoms with Gasteiger partial charge in [0.05, 0.1) is 30.7 Å². The van der Waals surface area contributed by atoms with Crippen molar-refractivity contribution in [2.24, 2.45) is 35.0 Å². The number of rotatable bonds is 32. The Morgan fingerprint density at radius 3 is 1.78 bits per heavy atom. The first-order valence-electron chi connectivity index (χ1n) is 43.3. The number of allylic oxidation sites excluding steroid dienone is 2. The van der Waals surface area contributed by atoms with E-state index in [9.17, 15) is 73.2 Å². The maximum absolute atomic E-state index is 15.5. The third kappa shape index (κ3) is 34.7. The zero-order valence-electron chi connectivity index (χ0n) is 74.1. The number of benzene rings is 3. The number of carboxylic acids is 1. The summed E-state index contributed by atoms with van der Waals surface area (Å²) in [5.74, 6) is -18.0. The van der Waals surface area contributed by atoms with Crippen molar-refractivity contribution in [1.29, 1.82) is 0 Å². The molecule has 4 aromatic rings. The van der Waals surface area contributed by atoms with Gasteiger partial charge in [0.15, 0.2) is 0 Å². The summed E-state index contributed by atoms with van der Waals surface area (Å²) in [6, 6.07) is 3.71. The first kappa shape index (κ1) is 106. The Labute approximate surface area is 739 Å². The fraction of sp³-hybridized carbons (Fsp3) is 0.562. The van der Waals surface area contributed by atoms with E-state index in [1.54, 1.807) is 74.6 Å². The van der Waals surface area contributed by atoms with E-state index >= 15 is 28.8 Å². The van der Waals surface area contributed by atoms with E-state index in [2.05, 4.69) is 79.8 Å². The molecule has 0 saturated heterocycles. The summed E-state index contributed by atoms with van der Waals surface area (Å²) >= 11 is 0. The van der Waals surface area contributed by atoms with Gasteiger partial charge in [-0.15, -0.1) is 0 Å². The molecule has 38 nitrogen and oxygen atoms in total. The number of hydrogen-bond acceptors (Lipinski definition) is 22. The molecule has 2 aliphatic rings. The monoisotopic (exact) mass is 1770 g/mol. The molecule has 1 saturated carbocycles. The van der Waals surface area contributed by atoms with Gasteiger partial charge in [-0.3, -0.25) is 81.5 Å². The summed E-state index contributed by atoms with van der Waals surface area (Å²) in [5.41, 5.74) is 13.4. The first-order valence-corrected chi connectivity index (χ1v) is 43.3. The van der Waals surface area contributed by atoms with Crippen molar-refractivity contribution in [1.82, 2.24) is 74.1 Å². The molecule has 1 aromatic heterocycles. The second-order valence-electron chi connectivity index (χ2n) is 33.6. The molecule has 4 unspecified atom stereocenters. The Morgan fingerprint density at radius 2 is 1.17 bits per heavy atom. The molecule has 1 fully saturated rings. The van der Waals surface area contributed by atoms with Crippen LogP contribution in [0.2, 0.25) is 0 Å². The van der Waals surface area contributed by atoms with Crippen LogP contribution in [0.1, 0.15) is 195 Å². The summed E-state index contributed by atoms with van der Waals surface area (Å²) in [7, 11) is 1.50. The number of Topliss-reactive ketones (excluding diaryl/α,β-unsaturated/α-hetero) is 2. The van der Waals surface area contributed by atoms with Gasteiger partial charge in [0.25, 0.3) is 0 Å². The molecule has 0 radical (unpaired) electrons. The number of ketones is 2. The number of fused-ring (bicyclic) bond motifs is 1. The second kappa shape index (κ2) is 52.2. The van der Waals surface area contributed by atoms with Crippen molar-refractivity contribution in [3.63, 3.8) is 0 Å². The van der Waals surface area contributed by atoms with Crippen molar-refractivity contribution in [3.8, 4) is 5.75 Å². The van der Waals surface area contributed by atoms with Gasteiger partial charge < -0.3 is 112 Å². The zero-order chi connectivity index (χ0) is 94.4. The predicted octanol–water partition coefficient (Wildman–Crippen LogP) is 0.172. The number of nitrogens with two attached hydrogens (primary N) is 3. The Kier molecular flexibility index (Phi) is 43.3. The normalized spacial score (nSPS) is 22.7. The van der Waals surface area contributed by atoms with Crippen molar-refractivity contribution in [2.45, 2.75) is 281 Å². The molecule has 698 valence electrons. The van der Waals surface area contributed by atoms with Crippen LogP contribution in [0.4, 0.5) is 0 Å². The lowest BCUT2D eigenvalue weighted by Gasteiger charge is -2.35. The number of amides is 14. The Hall–Kier alpha value is -12.0. The number of H-pyrrole nitrogens is 1. The van der Waals surface area contributed by atoms with E-state index in [1.165, 1.54) is 79.8 Å².